The number of hydrogen-bond donors (Lipinski definition) is 1. The summed E-state index contributed by atoms with van der Waals surface area (Å²) < 4.78 is 11.6. The Balaban J connectivity index is 1.50. The predicted molar refractivity (Wildman–Crippen MR) is 75.8 cm³/mol. The molecule has 0 amide bonds. The van der Waals surface area contributed by atoms with Crippen LogP contribution in [-0.4, -0.2) is 32.4 Å². The van der Waals surface area contributed by atoms with E-state index in [0.29, 0.717) is 12.0 Å². The van der Waals surface area contributed by atoms with Gasteiger partial charge in [-0.15, -0.1) is 0 Å². The summed E-state index contributed by atoms with van der Waals surface area (Å²) in [7, 11) is 0. The van der Waals surface area contributed by atoms with Crippen LogP contribution < -0.4 is 10.1 Å². The molecule has 3 rings (SSSR count). The molecule has 0 spiro atoms. The van der Waals surface area contributed by atoms with Crippen LogP contribution in [0.15, 0.2) is 24.3 Å². The zero-order valence-corrected chi connectivity index (χ0v) is 11.4. The minimum absolute atomic E-state index is 0.494. The summed E-state index contributed by atoms with van der Waals surface area (Å²) in [5.41, 5.74) is 1.31. The third-order valence-electron chi connectivity index (χ3n) is 4.13. The third kappa shape index (κ3) is 3.28. The molecule has 1 fully saturated rings. The van der Waals surface area contributed by atoms with Gasteiger partial charge in [-0.25, -0.2) is 0 Å². The highest BCUT2D eigenvalue weighted by Gasteiger charge is 2.21. The summed E-state index contributed by atoms with van der Waals surface area (Å²) in [5.74, 6) is 1.53. The molecule has 19 heavy (non-hydrogen) atoms. The molecule has 2 atom stereocenters. The quantitative estimate of drug-likeness (QED) is 0.904. The normalized spacial score (nSPS) is 26.5. The highest BCUT2D eigenvalue weighted by molar-refractivity contribution is 5.37. The Morgan fingerprint density at radius 3 is 3.00 bits per heavy atom. The number of piperidine rings is 1. The summed E-state index contributed by atoms with van der Waals surface area (Å²) in [5, 5.41) is 3.53. The maximum absolute atomic E-state index is 5.95. The van der Waals surface area contributed by atoms with Crippen LogP contribution in [0.4, 0.5) is 0 Å². The van der Waals surface area contributed by atoms with Gasteiger partial charge in [0.15, 0.2) is 0 Å². The van der Waals surface area contributed by atoms with Gasteiger partial charge in [0.25, 0.3) is 0 Å². The van der Waals surface area contributed by atoms with Crippen molar-refractivity contribution in [2.45, 2.75) is 37.6 Å². The van der Waals surface area contributed by atoms with Crippen LogP contribution >= 0.6 is 0 Å². The molecule has 1 aromatic carbocycles. The Labute approximate surface area is 115 Å². The molecule has 0 aromatic heterocycles. The Hall–Kier alpha value is -1.06. The summed E-state index contributed by atoms with van der Waals surface area (Å²) in [6, 6.07) is 8.91. The highest BCUT2D eigenvalue weighted by Crippen LogP contribution is 2.33. The molecule has 0 radical (unpaired) electrons. The first-order valence-corrected chi connectivity index (χ1v) is 7.46. The van der Waals surface area contributed by atoms with E-state index in [0.717, 1.165) is 38.5 Å². The van der Waals surface area contributed by atoms with Crippen molar-refractivity contribution in [3.05, 3.63) is 29.8 Å². The number of rotatable bonds is 4. The fourth-order valence-corrected chi connectivity index (χ4v) is 3.01. The van der Waals surface area contributed by atoms with Gasteiger partial charge in [-0.05, 0) is 37.4 Å². The van der Waals surface area contributed by atoms with E-state index in [1.807, 2.05) is 6.07 Å². The zero-order valence-electron chi connectivity index (χ0n) is 11.4. The molecular weight excluding hydrogens is 238 g/mol. The first-order valence-electron chi connectivity index (χ1n) is 7.46. The Morgan fingerprint density at radius 2 is 2.11 bits per heavy atom. The van der Waals surface area contributed by atoms with E-state index >= 15 is 0 Å². The average Bonchev–Trinajstić information content (AvgIpc) is 2.49. The lowest BCUT2D eigenvalue weighted by Crippen LogP contribution is -2.38. The van der Waals surface area contributed by atoms with Crippen molar-refractivity contribution in [2.24, 2.45) is 0 Å². The monoisotopic (exact) mass is 261 g/mol. The fourth-order valence-electron chi connectivity index (χ4n) is 3.01. The second-order valence-corrected chi connectivity index (χ2v) is 5.56. The first-order chi connectivity index (χ1) is 9.43. The van der Waals surface area contributed by atoms with Crippen LogP contribution in [0.1, 0.15) is 37.2 Å². The molecule has 3 heteroatoms. The van der Waals surface area contributed by atoms with Gasteiger partial charge in [-0.2, -0.15) is 0 Å². The lowest BCUT2D eigenvalue weighted by Gasteiger charge is -2.27. The van der Waals surface area contributed by atoms with Crippen LogP contribution in [0, 0.1) is 0 Å². The van der Waals surface area contributed by atoms with Crippen molar-refractivity contribution in [3.8, 4) is 5.75 Å². The molecule has 2 unspecified atom stereocenters. The smallest absolute Gasteiger partial charge is 0.122 e. The molecule has 0 saturated carbocycles. The number of fused-ring (bicyclic) bond motifs is 1. The lowest BCUT2D eigenvalue weighted by atomic mass is 9.94. The first kappa shape index (κ1) is 12.9. The molecule has 0 bridgehead atoms. The Kier molecular flexibility index (Phi) is 4.36. The van der Waals surface area contributed by atoms with Crippen molar-refractivity contribution in [1.29, 1.82) is 0 Å². The van der Waals surface area contributed by atoms with Crippen LogP contribution in [0.5, 0.6) is 5.75 Å². The van der Waals surface area contributed by atoms with Gasteiger partial charge in [-0.1, -0.05) is 24.6 Å². The van der Waals surface area contributed by atoms with E-state index < -0.39 is 0 Å². The standard InChI is InChI=1S/C16H23NO2/c1-2-7-16-15(6-1)13(8-10-19-16)11-18-12-14-5-3-4-9-17-14/h1-2,6-7,13-14,17H,3-5,8-12H2. The molecule has 1 N–H and O–H groups in total. The van der Waals surface area contributed by atoms with E-state index in [2.05, 4.69) is 23.5 Å². The highest BCUT2D eigenvalue weighted by atomic mass is 16.5. The van der Waals surface area contributed by atoms with Gasteiger partial charge in [0.05, 0.1) is 19.8 Å². The Bertz CT molecular complexity index is 401. The molecule has 3 nitrogen and oxygen atoms in total. The topological polar surface area (TPSA) is 30.5 Å². The lowest BCUT2D eigenvalue weighted by molar-refractivity contribution is 0.0818. The van der Waals surface area contributed by atoms with Gasteiger partial charge >= 0.3 is 0 Å². The summed E-state index contributed by atoms with van der Waals surface area (Å²) in [6.45, 7) is 3.62. The van der Waals surface area contributed by atoms with Crippen molar-refractivity contribution < 1.29 is 9.47 Å². The van der Waals surface area contributed by atoms with Gasteiger partial charge in [0.1, 0.15) is 5.75 Å². The number of benzene rings is 1. The largest absolute Gasteiger partial charge is 0.493 e. The van der Waals surface area contributed by atoms with Gasteiger partial charge < -0.3 is 14.8 Å². The van der Waals surface area contributed by atoms with Crippen LogP contribution in [0.3, 0.4) is 0 Å². The maximum atomic E-state index is 5.95. The van der Waals surface area contributed by atoms with E-state index in [1.54, 1.807) is 0 Å². The molecule has 2 aliphatic heterocycles. The van der Waals surface area contributed by atoms with Crippen LogP contribution in [-0.2, 0) is 4.74 Å². The molecule has 2 aliphatic rings. The molecule has 0 aliphatic carbocycles. The predicted octanol–water partition coefficient (Wildman–Crippen LogP) is 2.71. The van der Waals surface area contributed by atoms with Crippen molar-refractivity contribution in [2.75, 3.05) is 26.4 Å². The zero-order chi connectivity index (χ0) is 12.9. The van der Waals surface area contributed by atoms with Gasteiger partial charge in [0.2, 0.25) is 0 Å². The van der Waals surface area contributed by atoms with E-state index in [9.17, 15) is 0 Å². The molecular formula is C16H23NO2. The third-order valence-corrected chi connectivity index (χ3v) is 4.13. The molecule has 2 heterocycles. The Morgan fingerprint density at radius 1 is 1.16 bits per heavy atom. The second kappa shape index (κ2) is 6.40. The maximum Gasteiger partial charge on any atom is 0.122 e. The average molecular weight is 261 g/mol. The van der Waals surface area contributed by atoms with E-state index in [1.165, 1.54) is 24.8 Å². The SMILES string of the molecule is c1ccc2c(c1)OCCC2COCC1CCCCN1. The van der Waals surface area contributed by atoms with Crippen molar-refractivity contribution in [3.63, 3.8) is 0 Å². The van der Waals surface area contributed by atoms with Crippen molar-refractivity contribution in [1.82, 2.24) is 5.32 Å². The number of ether oxygens (including phenoxy) is 2. The summed E-state index contributed by atoms with van der Waals surface area (Å²) in [4.78, 5) is 0. The fraction of sp³-hybridized carbons (Fsp3) is 0.625. The van der Waals surface area contributed by atoms with Gasteiger partial charge in [-0.3, -0.25) is 0 Å². The van der Waals surface area contributed by atoms with Crippen LogP contribution in [0.2, 0.25) is 0 Å². The molecule has 1 aromatic rings. The van der Waals surface area contributed by atoms with Crippen LogP contribution in [0.25, 0.3) is 0 Å². The molecule has 104 valence electrons. The summed E-state index contributed by atoms with van der Waals surface area (Å²) in [6.07, 6.45) is 4.96. The number of hydrogen-bond acceptors (Lipinski definition) is 3. The van der Waals surface area contributed by atoms with Gasteiger partial charge in [0, 0.05) is 12.0 Å². The second-order valence-electron chi connectivity index (χ2n) is 5.56. The minimum Gasteiger partial charge on any atom is -0.493 e. The van der Waals surface area contributed by atoms with E-state index in [-0.39, 0.29) is 0 Å². The number of para-hydroxylation sites is 1. The minimum atomic E-state index is 0.494. The number of nitrogens with one attached hydrogen (secondary N) is 1. The van der Waals surface area contributed by atoms with E-state index in [4.69, 9.17) is 9.47 Å². The summed E-state index contributed by atoms with van der Waals surface area (Å²) >= 11 is 0. The van der Waals surface area contributed by atoms with Crippen molar-refractivity contribution >= 4 is 0 Å². The molecule has 1 saturated heterocycles.